The van der Waals surface area contributed by atoms with Crippen LogP contribution < -0.4 is 14.8 Å². The molecule has 4 rings (SSSR count). The molecule has 2 aromatic heterocycles. The number of aromatic nitrogens is 3. The zero-order chi connectivity index (χ0) is 25.7. The molecule has 0 radical (unpaired) electrons. The normalized spacial score (nSPS) is 11.9. The Labute approximate surface area is 212 Å². The minimum atomic E-state index is -0.142. The van der Waals surface area contributed by atoms with Gasteiger partial charge in [0, 0.05) is 17.8 Å². The summed E-state index contributed by atoms with van der Waals surface area (Å²) in [5.74, 6) is 1.26. The molecule has 1 unspecified atom stereocenters. The molecule has 0 aliphatic rings. The van der Waals surface area contributed by atoms with Crippen molar-refractivity contribution < 1.29 is 14.3 Å². The van der Waals surface area contributed by atoms with Crippen molar-refractivity contribution in [2.75, 3.05) is 13.2 Å². The Hall–Kier alpha value is -3.87. The van der Waals surface area contributed by atoms with E-state index in [0.29, 0.717) is 35.9 Å². The van der Waals surface area contributed by atoms with Crippen LogP contribution in [0.15, 0.2) is 54.7 Å². The van der Waals surface area contributed by atoms with Crippen molar-refractivity contribution in [1.29, 1.82) is 0 Å². The zero-order valence-corrected chi connectivity index (χ0v) is 21.7. The van der Waals surface area contributed by atoms with E-state index >= 15 is 0 Å². The van der Waals surface area contributed by atoms with Gasteiger partial charge in [-0.1, -0.05) is 36.4 Å². The van der Waals surface area contributed by atoms with Crippen molar-refractivity contribution in [2.24, 2.45) is 0 Å². The first-order valence-corrected chi connectivity index (χ1v) is 12.5. The van der Waals surface area contributed by atoms with Gasteiger partial charge < -0.3 is 14.8 Å². The molecule has 0 bridgehead atoms. The maximum atomic E-state index is 13.1. The summed E-state index contributed by atoms with van der Waals surface area (Å²) >= 11 is 0. The highest BCUT2D eigenvalue weighted by molar-refractivity contribution is 5.95. The number of rotatable bonds is 10. The molecule has 2 aromatic carbocycles. The Morgan fingerprint density at radius 3 is 2.47 bits per heavy atom. The van der Waals surface area contributed by atoms with Crippen LogP contribution in [0.5, 0.6) is 11.5 Å². The van der Waals surface area contributed by atoms with E-state index in [1.807, 2.05) is 71.0 Å². The molecule has 7 nitrogen and oxygen atoms in total. The maximum Gasteiger partial charge on any atom is 0.254 e. The molecular weight excluding hydrogens is 452 g/mol. The van der Waals surface area contributed by atoms with Gasteiger partial charge in [0.15, 0.2) is 17.1 Å². The summed E-state index contributed by atoms with van der Waals surface area (Å²) < 4.78 is 13.3. The zero-order valence-electron chi connectivity index (χ0n) is 21.7. The third-order valence-electron chi connectivity index (χ3n) is 6.22. The second kappa shape index (κ2) is 11.2. The van der Waals surface area contributed by atoms with E-state index in [4.69, 9.17) is 14.6 Å². The van der Waals surface area contributed by atoms with Gasteiger partial charge in [-0.3, -0.25) is 4.79 Å². The molecule has 1 atom stereocenters. The Balaban J connectivity index is 1.58. The molecule has 36 heavy (non-hydrogen) atoms. The molecule has 7 heteroatoms. The monoisotopic (exact) mass is 486 g/mol. The van der Waals surface area contributed by atoms with Crippen molar-refractivity contribution in [3.05, 3.63) is 77.2 Å². The van der Waals surface area contributed by atoms with E-state index in [1.54, 1.807) is 10.7 Å². The van der Waals surface area contributed by atoms with E-state index in [0.717, 1.165) is 35.4 Å². The Bertz CT molecular complexity index is 1350. The third-order valence-corrected chi connectivity index (χ3v) is 6.22. The van der Waals surface area contributed by atoms with E-state index in [-0.39, 0.29) is 11.9 Å². The number of hydrogen-bond acceptors (Lipinski definition) is 5. The fourth-order valence-electron chi connectivity index (χ4n) is 4.37. The van der Waals surface area contributed by atoms with Crippen molar-refractivity contribution in [3.63, 3.8) is 0 Å². The summed E-state index contributed by atoms with van der Waals surface area (Å²) in [7, 11) is 0. The fourth-order valence-corrected chi connectivity index (χ4v) is 4.37. The van der Waals surface area contributed by atoms with Crippen LogP contribution in [0.25, 0.3) is 16.8 Å². The highest BCUT2D eigenvalue weighted by Crippen LogP contribution is 2.36. The molecule has 0 aliphatic carbocycles. The van der Waals surface area contributed by atoms with Crippen molar-refractivity contribution in [1.82, 2.24) is 19.9 Å². The molecule has 0 saturated heterocycles. The largest absolute Gasteiger partial charge is 0.490 e. The van der Waals surface area contributed by atoms with Gasteiger partial charge in [0.05, 0.1) is 30.2 Å². The van der Waals surface area contributed by atoms with Gasteiger partial charge in [0.25, 0.3) is 5.91 Å². The summed E-state index contributed by atoms with van der Waals surface area (Å²) in [6.45, 7) is 10.9. The van der Waals surface area contributed by atoms with E-state index < -0.39 is 0 Å². The number of nitrogens with zero attached hydrogens (tertiary/aromatic N) is 3. The summed E-state index contributed by atoms with van der Waals surface area (Å²) in [5.41, 5.74) is 5.90. The predicted octanol–water partition coefficient (Wildman–Crippen LogP) is 5.56. The summed E-state index contributed by atoms with van der Waals surface area (Å²) in [5, 5.41) is 7.84. The Kier molecular flexibility index (Phi) is 7.88. The first-order chi connectivity index (χ1) is 17.4. The molecule has 0 spiro atoms. The standard InChI is InChI=1S/C29H34N4O3/c1-6-35-25-16-15-23(17-26(25)36-7-2)27-20(4)32-33-21(5)24(18-30-28(27)33)29(34)31-19(3)13-14-22-11-9-8-10-12-22/h8-12,15-19H,6-7,13-14H2,1-5H3,(H,31,34). The van der Waals surface area contributed by atoms with Gasteiger partial charge in [-0.15, -0.1) is 0 Å². The van der Waals surface area contributed by atoms with Crippen LogP contribution >= 0.6 is 0 Å². The number of aryl methyl sites for hydroxylation is 3. The van der Waals surface area contributed by atoms with Crippen LogP contribution in [0.2, 0.25) is 0 Å². The van der Waals surface area contributed by atoms with Gasteiger partial charge >= 0.3 is 0 Å². The molecule has 0 saturated carbocycles. The predicted molar refractivity (Wildman–Crippen MR) is 142 cm³/mol. The van der Waals surface area contributed by atoms with Crippen LogP contribution in [0.4, 0.5) is 0 Å². The van der Waals surface area contributed by atoms with Crippen LogP contribution in [0, 0.1) is 13.8 Å². The number of nitrogens with one attached hydrogen (secondary N) is 1. The second-order valence-electron chi connectivity index (χ2n) is 8.88. The maximum absolute atomic E-state index is 13.1. The highest BCUT2D eigenvalue weighted by Gasteiger charge is 2.20. The van der Waals surface area contributed by atoms with E-state index in [2.05, 4.69) is 22.4 Å². The number of carbonyl (C=O) groups is 1. The lowest BCUT2D eigenvalue weighted by molar-refractivity contribution is 0.0936. The smallest absolute Gasteiger partial charge is 0.254 e. The number of fused-ring (bicyclic) bond motifs is 1. The summed E-state index contributed by atoms with van der Waals surface area (Å²) in [4.78, 5) is 17.7. The minimum Gasteiger partial charge on any atom is -0.490 e. The summed E-state index contributed by atoms with van der Waals surface area (Å²) in [6.07, 6.45) is 3.41. The lowest BCUT2D eigenvalue weighted by atomic mass is 10.0. The first kappa shape index (κ1) is 25.2. The number of amides is 1. The quantitative estimate of drug-likeness (QED) is 0.317. The summed E-state index contributed by atoms with van der Waals surface area (Å²) in [6, 6.07) is 16.2. The Morgan fingerprint density at radius 2 is 1.75 bits per heavy atom. The minimum absolute atomic E-state index is 0.0311. The number of benzene rings is 2. The van der Waals surface area contributed by atoms with Gasteiger partial charge in [0.2, 0.25) is 0 Å². The lowest BCUT2D eigenvalue weighted by Crippen LogP contribution is -2.33. The molecule has 0 aliphatic heterocycles. The van der Waals surface area contributed by atoms with Crippen molar-refractivity contribution in [2.45, 2.75) is 53.5 Å². The highest BCUT2D eigenvalue weighted by atomic mass is 16.5. The SMILES string of the molecule is CCOc1ccc(-c2c(C)nn3c(C)c(C(=O)NC(C)CCc4ccccc4)cnc23)cc1OCC. The van der Waals surface area contributed by atoms with Gasteiger partial charge in [-0.2, -0.15) is 5.10 Å². The van der Waals surface area contributed by atoms with Gasteiger partial charge in [0.1, 0.15) is 0 Å². The molecule has 0 fully saturated rings. The molecule has 188 valence electrons. The lowest BCUT2D eigenvalue weighted by Gasteiger charge is -2.15. The molecule has 1 amide bonds. The number of carbonyl (C=O) groups excluding carboxylic acids is 1. The molecular formula is C29H34N4O3. The number of ether oxygens (including phenoxy) is 2. The van der Waals surface area contributed by atoms with Crippen LogP contribution in [-0.4, -0.2) is 39.8 Å². The Morgan fingerprint density at radius 1 is 1.03 bits per heavy atom. The van der Waals surface area contributed by atoms with E-state index in [1.165, 1.54) is 5.56 Å². The number of hydrogen-bond donors (Lipinski definition) is 1. The van der Waals surface area contributed by atoms with Crippen molar-refractivity contribution >= 4 is 11.6 Å². The fraction of sp³-hybridized carbons (Fsp3) is 0.345. The van der Waals surface area contributed by atoms with E-state index in [9.17, 15) is 4.79 Å². The van der Waals surface area contributed by atoms with Crippen LogP contribution in [-0.2, 0) is 6.42 Å². The third kappa shape index (κ3) is 5.35. The van der Waals surface area contributed by atoms with Gasteiger partial charge in [-0.05, 0) is 70.7 Å². The van der Waals surface area contributed by atoms with Crippen LogP contribution in [0.1, 0.15) is 54.5 Å². The van der Waals surface area contributed by atoms with Crippen LogP contribution in [0.3, 0.4) is 0 Å². The molecule has 2 heterocycles. The first-order valence-electron chi connectivity index (χ1n) is 12.5. The topological polar surface area (TPSA) is 77.8 Å². The second-order valence-corrected chi connectivity index (χ2v) is 8.88. The molecule has 1 N–H and O–H groups in total. The molecule has 4 aromatic rings. The average molecular weight is 487 g/mol. The average Bonchev–Trinajstić information content (AvgIpc) is 3.21. The van der Waals surface area contributed by atoms with Gasteiger partial charge in [-0.25, -0.2) is 9.50 Å². The van der Waals surface area contributed by atoms with Crippen molar-refractivity contribution in [3.8, 4) is 22.6 Å².